The molecule has 32 heavy (non-hydrogen) atoms. The molecular formula is C23H19Cl3N2O4. The molecule has 0 unspecified atom stereocenters. The van der Waals surface area contributed by atoms with E-state index >= 15 is 0 Å². The standard InChI is InChI=1S/C23H19Cl3N2O4/c1-14-19(22(26)28(27-14)12-17-7-8-18(24)11-20(17)25)9-10-21(29)32-13-15-3-5-16(6-4-15)23(30)31-2/h3-11H,12-13H2,1-2H3. The molecule has 0 fully saturated rings. The van der Waals surface area contributed by atoms with Crippen molar-refractivity contribution in [2.45, 2.75) is 20.1 Å². The Kier molecular flexibility index (Phi) is 7.96. The number of carbonyl (C=O) groups excluding carboxylic acids is 2. The Labute approximate surface area is 200 Å². The SMILES string of the molecule is COC(=O)c1ccc(COC(=O)C=Cc2c(C)nn(Cc3ccc(Cl)cc3Cl)c2Cl)cc1. The van der Waals surface area contributed by atoms with Gasteiger partial charge in [0.1, 0.15) is 11.8 Å². The van der Waals surface area contributed by atoms with Crippen LogP contribution in [-0.2, 0) is 27.4 Å². The van der Waals surface area contributed by atoms with Gasteiger partial charge in [0.15, 0.2) is 0 Å². The first-order chi connectivity index (χ1) is 15.3. The molecule has 1 aromatic heterocycles. The summed E-state index contributed by atoms with van der Waals surface area (Å²) in [6, 6.07) is 11.8. The predicted molar refractivity (Wildman–Crippen MR) is 124 cm³/mol. The third kappa shape index (κ3) is 5.91. The zero-order valence-electron chi connectivity index (χ0n) is 17.3. The lowest BCUT2D eigenvalue weighted by Crippen LogP contribution is -2.03. The molecule has 3 rings (SSSR count). The average Bonchev–Trinajstić information content (AvgIpc) is 3.04. The highest BCUT2D eigenvalue weighted by Gasteiger charge is 2.13. The molecule has 0 saturated heterocycles. The number of esters is 2. The summed E-state index contributed by atoms with van der Waals surface area (Å²) in [4.78, 5) is 23.6. The molecule has 2 aromatic carbocycles. The number of hydrogen-bond donors (Lipinski definition) is 0. The number of aromatic nitrogens is 2. The fourth-order valence-corrected chi connectivity index (χ4v) is 3.65. The summed E-state index contributed by atoms with van der Waals surface area (Å²) in [6.07, 6.45) is 2.85. The van der Waals surface area contributed by atoms with Gasteiger partial charge in [0.25, 0.3) is 0 Å². The number of aryl methyl sites for hydroxylation is 1. The van der Waals surface area contributed by atoms with Gasteiger partial charge in [-0.25, -0.2) is 14.3 Å². The molecular weight excluding hydrogens is 475 g/mol. The Morgan fingerprint density at radius 2 is 1.81 bits per heavy atom. The van der Waals surface area contributed by atoms with E-state index in [1.54, 1.807) is 54.1 Å². The fraction of sp³-hybridized carbons (Fsp3) is 0.174. The highest BCUT2D eigenvalue weighted by molar-refractivity contribution is 6.35. The number of rotatable bonds is 7. The van der Waals surface area contributed by atoms with Gasteiger partial charge in [-0.2, -0.15) is 5.10 Å². The molecule has 0 aliphatic carbocycles. The number of methoxy groups -OCH3 is 1. The first-order valence-electron chi connectivity index (χ1n) is 9.47. The summed E-state index contributed by atoms with van der Waals surface area (Å²) in [5.41, 5.74) is 3.23. The highest BCUT2D eigenvalue weighted by Crippen LogP contribution is 2.26. The maximum absolute atomic E-state index is 12.1. The molecule has 3 aromatic rings. The number of benzene rings is 2. The van der Waals surface area contributed by atoms with Crippen LogP contribution >= 0.6 is 34.8 Å². The van der Waals surface area contributed by atoms with Crippen molar-refractivity contribution < 1.29 is 19.1 Å². The van der Waals surface area contributed by atoms with Crippen LogP contribution in [0.3, 0.4) is 0 Å². The summed E-state index contributed by atoms with van der Waals surface area (Å²) >= 11 is 18.6. The van der Waals surface area contributed by atoms with Crippen molar-refractivity contribution in [1.82, 2.24) is 9.78 Å². The molecule has 0 amide bonds. The third-order valence-corrected chi connectivity index (χ3v) is 5.57. The van der Waals surface area contributed by atoms with Crippen LogP contribution in [-0.4, -0.2) is 28.8 Å². The monoisotopic (exact) mass is 492 g/mol. The van der Waals surface area contributed by atoms with E-state index in [1.807, 2.05) is 6.07 Å². The molecule has 0 radical (unpaired) electrons. The van der Waals surface area contributed by atoms with Gasteiger partial charge >= 0.3 is 11.9 Å². The number of carbonyl (C=O) groups is 2. The van der Waals surface area contributed by atoms with E-state index in [-0.39, 0.29) is 6.61 Å². The summed E-state index contributed by atoms with van der Waals surface area (Å²) in [6.45, 7) is 2.21. The van der Waals surface area contributed by atoms with Crippen molar-refractivity contribution >= 4 is 52.8 Å². The van der Waals surface area contributed by atoms with Crippen LogP contribution in [0.4, 0.5) is 0 Å². The first kappa shape index (κ1) is 23.9. The number of hydrogen-bond acceptors (Lipinski definition) is 5. The van der Waals surface area contributed by atoms with Gasteiger partial charge in [-0.1, -0.05) is 53.0 Å². The molecule has 0 spiro atoms. The highest BCUT2D eigenvalue weighted by atomic mass is 35.5. The van der Waals surface area contributed by atoms with Gasteiger partial charge in [0.05, 0.1) is 24.9 Å². The van der Waals surface area contributed by atoms with Crippen molar-refractivity contribution in [2.75, 3.05) is 7.11 Å². The van der Waals surface area contributed by atoms with Crippen LogP contribution in [0.15, 0.2) is 48.5 Å². The van der Waals surface area contributed by atoms with Gasteiger partial charge in [-0.15, -0.1) is 0 Å². The molecule has 0 aliphatic rings. The molecule has 9 heteroatoms. The second-order valence-electron chi connectivity index (χ2n) is 6.81. The summed E-state index contributed by atoms with van der Waals surface area (Å²) in [5.74, 6) is -0.964. The van der Waals surface area contributed by atoms with E-state index in [1.165, 1.54) is 13.2 Å². The van der Waals surface area contributed by atoms with Crippen LogP contribution in [0.25, 0.3) is 6.08 Å². The average molecular weight is 494 g/mol. The minimum atomic E-state index is -0.536. The number of nitrogens with zero attached hydrogens (tertiary/aromatic N) is 2. The second-order valence-corrected chi connectivity index (χ2v) is 8.01. The van der Waals surface area contributed by atoms with Crippen molar-refractivity contribution in [3.05, 3.63) is 91.7 Å². The lowest BCUT2D eigenvalue weighted by Gasteiger charge is -2.06. The summed E-state index contributed by atoms with van der Waals surface area (Å²) in [7, 11) is 1.31. The smallest absolute Gasteiger partial charge is 0.337 e. The summed E-state index contributed by atoms with van der Waals surface area (Å²) in [5, 5.41) is 5.85. The molecule has 166 valence electrons. The maximum Gasteiger partial charge on any atom is 0.337 e. The summed E-state index contributed by atoms with van der Waals surface area (Å²) < 4.78 is 11.5. The molecule has 0 N–H and O–H groups in total. The minimum absolute atomic E-state index is 0.0612. The molecule has 6 nitrogen and oxygen atoms in total. The topological polar surface area (TPSA) is 70.4 Å². The van der Waals surface area contributed by atoms with Crippen LogP contribution < -0.4 is 0 Å². The lowest BCUT2D eigenvalue weighted by atomic mass is 10.1. The zero-order chi connectivity index (χ0) is 23.3. The maximum atomic E-state index is 12.1. The van der Waals surface area contributed by atoms with E-state index in [4.69, 9.17) is 39.5 Å². The van der Waals surface area contributed by atoms with Crippen LogP contribution in [0.2, 0.25) is 15.2 Å². The van der Waals surface area contributed by atoms with E-state index in [2.05, 4.69) is 9.84 Å². The van der Waals surface area contributed by atoms with Crippen molar-refractivity contribution in [3.63, 3.8) is 0 Å². The van der Waals surface area contributed by atoms with Crippen molar-refractivity contribution in [2.24, 2.45) is 0 Å². The van der Waals surface area contributed by atoms with Crippen LogP contribution in [0, 0.1) is 6.92 Å². The Hall–Kier alpha value is -2.80. The normalized spacial score (nSPS) is 11.0. The molecule has 0 saturated carbocycles. The number of ether oxygens (including phenoxy) is 2. The van der Waals surface area contributed by atoms with E-state index in [0.29, 0.717) is 38.6 Å². The van der Waals surface area contributed by atoms with E-state index in [9.17, 15) is 9.59 Å². The Morgan fingerprint density at radius 3 is 2.47 bits per heavy atom. The van der Waals surface area contributed by atoms with Gasteiger partial charge in [0.2, 0.25) is 0 Å². The molecule has 0 bridgehead atoms. The van der Waals surface area contributed by atoms with Gasteiger partial charge in [-0.05, 0) is 48.4 Å². The van der Waals surface area contributed by atoms with Gasteiger partial charge in [-0.3, -0.25) is 0 Å². The Bertz CT molecular complexity index is 1170. The fourth-order valence-electron chi connectivity index (χ4n) is 2.88. The van der Waals surface area contributed by atoms with Crippen LogP contribution in [0.1, 0.15) is 32.7 Å². The molecule has 1 heterocycles. The third-order valence-electron chi connectivity index (χ3n) is 4.59. The second kappa shape index (κ2) is 10.7. The number of halogens is 3. The van der Waals surface area contributed by atoms with Gasteiger partial charge in [0, 0.05) is 21.7 Å². The quantitative estimate of drug-likeness (QED) is 0.310. The van der Waals surface area contributed by atoms with Crippen molar-refractivity contribution in [3.8, 4) is 0 Å². The Morgan fingerprint density at radius 1 is 1.09 bits per heavy atom. The van der Waals surface area contributed by atoms with E-state index < -0.39 is 11.9 Å². The molecule has 0 aliphatic heterocycles. The lowest BCUT2D eigenvalue weighted by molar-refractivity contribution is -0.138. The van der Waals surface area contributed by atoms with Gasteiger partial charge < -0.3 is 9.47 Å². The van der Waals surface area contributed by atoms with E-state index in [0.717, 1.165) is 11.1 Å². The molecule has 0 atom stereocenters. The van der Waals surface area contributed by atoms with Crippen molar-refractivity contribution in [1.29, 1.82) is 0 Å². The predicted octanol–water partition coefficient (Wildman–Crippen LogP) is 5.74. The minimum Gasteiger partial charge on any atom is -0.465 e. The zero-order valence-corrected chi connectivity index (χ0v) is 19.5. The largest absolute Gasteiger partial charge is 0.465 e. The van der Waals surface area contributed by atoms with Crippen LogP contribution in [0.5, 0.6) is 0 Å². The first-order valence-corrected chi connectivity index (χ1v) is 10.6. The Balaban J connectivity index is 1.63.